The Balaban J connectivity index is 1.87. The predicted octanol–water partition coefficient (Wildman–Crippen LogP) is 2.62. The number of carbonyl (C=O) groups excluding carboxylic acids is 1. The van der Waals surface area contributed by atoms with E-state index in [1.54, 1.807) is 12.1 Å². The Labute approximate surface area is 143 Å². The van der Waals surface area contributed by atoms with Crippen molar-refractivity contribution >= 4 is 17.7 Å². The zero-order chi connectivity index (χ0) is 17.3. The van der Waals surface area contributed by atoms with E-state index in [2.05, 4.69) is 10.3 Å². The molecule has 0 radical (unpaired) electrons. The molecule has 7 heteroatoms. The molecule has 2 heterocycles. The number of amides is 1. The number of hydrogen-bond acceptors (Lipinski definition) is 4. The minimum absolute atomic E-state index is 0.0361. The Morgan fingerprint density at radius 3 is 2.71 bits per heavy atom. The molecule has 0 spiro atoms. The molecule has 126 valence electrons. The van der Waals surface area contributed by atoms with Gasteiger partial charge >= 0.3 is 0 Å². The number of rotatable bonds is 4. The van der Waals surface area contributed by atoms with E-state index < -0.39 is 5.91 Å². The summed E-state index contributed by atoms with van der Waals surface area (Å²) in [7, 11) is 0. The molecule has 1 unspecified atom stereocenters. The molecule has 3 rings (SSSR count). The van der Waals surface area contributed by atoms with Crippen LogP contribution in [0.5, 0.6) is 0 Å². The molecule has 0 saturated heterocycles. The first-order chi connectivity index (χ1) is 11.5. The highest BCUT2D eigenvalue weighted by Crippen LogP contribution is 2.23. The molecule has 1 atom stereocenters. The summed E-state index contributed by atoms with van der Waals surface area (Å²) in [5.41, 5.74) is 0.516. The highest BCUT2D eigenvalue weighted by atomic mass is 32.2. The Morgan fingerprint density at radius 1 is 1.33 bits per heavy atom. The lowest BCUT2D eigenvalue weighted by Crippen LogP contribution is -2.37. The van der Waals surface area contributed by atoms with Gasteiger partial charge in [0.15, 0.2) is 5.16 Å². The number of halogens is 1. The second-order valence-electron chi connectivity index (χ2n) is 6.01. The van der Waals surface area contributed by atoms with Gasteiger partial charge in [0, 0.05) is 18.5 Å². The largest absolute Gasteiger partial charge is 0.345 e. The van der Waals surface area contributed by atoms with Crippen LogP contribution in [0.1, 0.15) is 35.8 Å². The zero-order valence-electron chi connectivity index (χ0n) is 13.5. The quantitative estimate of drug-likeness (QED) is 0.864. The SMILES string of the molecule is CC(C)C(NC(=O)c1cnc2n(c1=O)CCS2)c1ccc(F)cc1. The molecule has 2 aromatic rings. The number of carbonyl (C=O) groups is 1. The van der Waals surface area contributed by atoms with Crippen LogP contribution in [0.25, 0.3) is 0 Å². The zero-order valence-corrected chi connectivity index (χ0v) is 14.3. The molecular weight excluding hydrogens is 329 g/mol. The fraction of sp³-hybridized carbons (Fsp3) is 0.353. The first kappa shape index (κ1) is 16.7. The van der Waals surface area contributed by atoms with E-state index in [9.17, 15) is 14.0 Å². The van der Waals surface area contributed by atoms with Crippen molar-refractivity contribution in [3.05, 3.63) is 57.8 Å². The van der Waals surface area contributed by atoms with Crippen LogP contribution in [0, 0.1) is 11.7 Å². The van der Waals surface area contributed by atoms with Gasteiger partial charge in [-0.2, -0.15) is 0 Å². The molecule has 0 fully saturated rings. The second kappa shape index (κ2) is 6.76. The van der Waals surface area contributed by atoms with Crippen molar-refractivity contribution in [2.45, 2.75) is 31.6 Å². The minimum Gasteiger partial charge on any atom is -0.345 e. The molecular formula is C17H18FN3O2S. The van der Waals surface area contributed by atoms with Crippen molar-refractivity contribution in [3.63, 3.8) is 0 Å². The molecule has 1 aromatic heterocycles. The number of fused-ring (bicyclic) bond motifs is 1. The number of aromatic nitrogens is 2. The lowest BCUT2D eigenvalue weighted by Gasteiger charge is -2.23. The van der Waals surface area contributed by atoms with Crippen molar-refractivity contribution in [2.75, 3.05) is 5.75 Å². The van der Waals surface area contributed by atoms with Crippen molar-refractivity contribution < 1.29 is 9.18 Å². The molecule has 24 heavy (non-hydrogen) atoms. The standard InChI is InChI=1S/C17H18FN3O2S/c1-10(2)14(11-3-5-12(18)6-4-11)20-15(22)13-9-19-17-21(16(13)23)7-8-24-17/h3-6,9-10,14H,7-8H2,1-2H3,(H,20,22). The van der Waals surface area contributed by atoms with Crippen molar-refractivity contribution in [1.29, 1.82) is 0 Å². The predicted molar refractivity (Wildman–Crippen MR) is 90.7 cm³/mol. The first-order valence-electron chi connectivity index (χ1n) is 7.76. The molecule has 1 aliphatic rings. The van der Waals surface area contributed by atoms with Gasteiger partial charge in [-0.15, -0.1) is 0 Å². The maximum Gasteiger partial charge on any atom is 0.267 e. The van der Waals surface area contributed by atoms with Gasteiger partial charge < -0.3 is 5.32 Å². The maximum absolute atomic E-state index is 13.1. The third-order valence-corrected chi connectivity index (χ3v) is 4.95. The summed E-state index contributed by atoms with van der Waals surface area (Å²) in [6.45, 7) is 4.48. The van der Waals surface area contributed by atoms with Crippen molar-refractivity contribution in [1.82, 2.24) is 14.9 Å². The Hall–Kier alpha value is -2.15. The van der Waals surface area contributed by atoms with Crippen molar-refractivity contribution in [3.8, 4) is 0 Å². The van der Waals surface area contributed by atoms with Crippen LogP contribution in [0.2, 0.25) is 0 Å². The molecule has 5 nitrogen and oxygen atoms in total. The number of hydrogen-bond donors (Lipinski definition) is 1. The van der Waals surface area contributed by atoms with Crippen LogP contribution in [0.15, 0.2) is 40.4 Å². The van der Waals surface area contributed by atoms with Crippen LogP contribution < -0.4 is 10.9 Å². The highest BCUT2D eigenvalue weighted by Gasteiger charge is 2.24. The second-order valence-corrected chi connectivity index (χ2v) is 7.07. The third kappa shape index (κ3) is 3.21. The highest BCUT2D eigenvalue weighted by molar-refractivity contribution is 7.99. The number of benzene rings is 1. The Bertz CT molecular complexity index is 818. The van der Waals surface area contributed by atoms with Gasteiger partial charge in [0.2, 0.25) is 0 Å². The summed E-state index contributed by atoms with van der Waals surface area (Å²) in [6.07, 6.45) is 1.34. The lowest BCUT2D eigenvalue weighted by molar-refractivity contribution is 0.0922. The number of thioether (sulfide) groups is 1. The van der Waals surface area contributed by atoms with Gasteiger partial charge in [0.25, 0.3) is 11.5 Å². The van der Waals surface area contributed by atoms with E-state index in [0.717, 1.165) is 11.3 Å². The Morgan fingerprint density at radius 2 is 2.04 bits per heavy atom. The maximum atomic E-state index is 13.1. The average molecular weight is 347 g/mol. The summed E-state index contributed by atoms with van der Waals surface area (Å²) in [5, 5.41) is 3.53. The Kier molecular flexibility index (Phi) is 4.71. The van der Waals surface area contributed by atoms with Crippen molar-refractivity contribution in [2.24, 2.45) is 5.92 Å². The number of nitrogens with zero attached hydrogens (tertiary/aromatic N) is 2. The van der Waals surface area contributed by atoms with Gasteiger partial charge in [-0.3, -0.25) is 14.2 Å². The van der Waals surface area contributed by atoms with E-state index in [1.165, 1.54) is 34.7 Å². The molecule has 0 bridgehead atoms. The van der Waals surface area contributed by atoms with E-state index in [1.807, 2.05) is 13.8 Å². The van der Waals surface area contributed by atoms with Gasteiger partial charge in [-0.1, -0.05) is 37.7 Å². The smallest absolute Gasteiger partial charge is 0.267 e. The van der Waals surface area contributed by atoms with Crippen LogP contribution in [-0.4, -0.2) is 21.2 Å². The molecule has 1 aromatic carbocycles. The monoisotopic (exact) mass is 347 g/mol. The van der Waals surface area contributed by atoms with E-state index in [-0.39, 0.29) is 28.9 Å². The molecule has 0 aliphatic carbocycles. The third-order valence-electron chi connectivity index (χ3n) is 3.98. The van der Waals surface area contributed by atoms with Gasteiger partial charge in [-0.05, 0) is 23.6 Å². The summed E-state index contributed by atoms with van der Waals surface area (Å²) >= 11 is 1.50. The van der Waals surface area contributed by atoms with Gasteiger partial charge in [0.1, 0.15) is 11.4 Å². The molecule has 1 amide bonds. The van der Waals surface area contributed by atoms with Gasteiger partial charge in [0.05, 0.1) is 6.04 Å². The van der Waals surface area contributed by atoms with E-state index in [0.29, 0.717) is 11.7 Å². The fourth-order valence-electron chi connectivity index (χ4n) is 2.70. The minimum atomic E-state index is -0.456. The van der Waals surface area contributed by atoms with Crippen LogP contribution >= 0.6 is 11.8 Å². The normalized spacial score (nSPS) is 14.5. The van der Waals surface area contributed by atoms with Crippen LogP contribution in [0.4, 0.5) is 4.39 Å². The van der Waals surface area contributed by atoms with Gasteiger partial charge in [-0.25, -0.2) is 9.37 Å². The topological polar surface area (TPSA) is 64.0 Å². The number of nitrogens with one attached hydrogen (secondary N) is 1. The fourth-order valence-corrected chi connectivity index (χ4v) is 3.61. The summed E-state index contributed by atoms with van der Waals surface area (Å²) in [6, 6.07) is 5.69. The molecule has 0 saturated carbocycles. The van der Waals surface area contributed by atoms with E-state index >= 15 is 0 Å². The van der Waals surface area contributed by atoms with Crippen LogP contribution in [-0.2, 0) is 6.54 Å². The lowest BCUT2D eigenvalue weighted by atomic mass is 9.95. The molecule has 1 aliphatic heterocycles. The van der Waals surface area contributed by atoms with Crippen LogP contribution in [0.3, 0.4) is 0 Å². The first-order valence-corrected chi connectivity index (χ1v) is 8.75. The summed E-state index contributed by atoms with van der Waals surface area (Å²) < 4.78 is 14.6. The summed E-state index contributed by atoms with van der Waals surface area (Å²) in [5.74, 6) is 0.0892. The van der Waals surface area contributed by atoms with E-state index in [4.69, 9.17) is 0 Å². The molecule has 1 N–H and O–H groups in total. The average Bonchev–Trinajstić information content (AvgIpc) is 3.03. The summed E-state index contributed by atoms with van der Waals surface area (Å²) in [4.78, 5) is 29.2.